The number of benzene rings is 2. The highest BCUT2D eigenvalue weighted by Gasteiger charge is 2.26. The normalized spacial score (nSPS) is 16.0. The second-order valence-electron chi connectivity index (χ2n) is 8.19. The van der Waals surface area contributed by atoms with E-state index in [2.05, 4.69) is 17.8 Å². The number of amides is 1. The summed E-state index contributed by atoms with van der Waals surface area (Å²) in [4.78, 5) is 16.3. The molecule has 9 heteroatoms. The van der Waals surface area contributed by atoms with Gasteiger partial charge in [0.15, 0.2) is 0 Å². The molecule has 0 aliphatic carbocycles. The number of nitrogens with two attached hydrogens (primary N) is 1. The topological polar surface area (TPSA) is 89.4 Å². The fourth-order valence-electron chi connectivity index (χ4n) is 3.95. The van der Waals surface area contributed by atoms with E-state index < -0.39 is 10.8 Å². The Bertz CT molecular complexity index is 1290. The number of nitrogens with zero attached hydrogens (tertiary/aromatic N) is 2. The minimum absolute atomic E-state index is 0.0600. The molecule has 2 aromatic heterocycles. The number of carbonyl (C=O) groups excluding carboxylic acids is 1. The third-order valence-electron chi connectivity index (χ3n) is 5.83. The van der Waals surface area contributed by atoms with Crippen LogP contribution in [0.25, 0.3) is 21.7 Å². The minimum atomic E-state index is -1.05. The molecule has 1 aliphatic heterocycles. The maximum absolute atomic E-state index is 12.6. The molecule has 6 nitrogen and oxygen atoms in total. The second-order valence-corrected chi connectivity index (χ2v) is 11.4. The van der Waals surface area contributed by atoms with Crippen molar-refractivity contribution in [2.24, 2.45) is 11.7 Å². The van der Waals surface area contributed by atoms with Crippen molar-refractivity contribution in [1.82, 2.24) is 10.1 Å². The van der Waals surface area contributed by atoms with Crippen molar-refractivity contribution in [3.8, 4) is 21.7 Å². The third-order valence-corrected chi connectivity index (χ3v) is 8.14. The molecular weight excluding hydrogens is 499 g/mol. The molecule has 4 aromatic rings. The monoisotopic (exact) mass is 525 g/mol. The molecule has 0 radical (unpaired) electrons. The second kappa shape index (κ2) is 11.8. The lowest BCUT2D eigenvalue weighted by atomic mass is 10.0. The van der Waals surface area contributed by atoms with E-state index in [4.69, 9.17) is 10.3 Å². The molecular formula is C26H27N3O3S3. The van der Waals surface area contributed by atoms with Crippen LogP contribution in [0.15, 0.2) is 86.6 Å². The van der Waals surface area contributed by atoms with Crippen LogP contribution in [-0.2, 0) is 10.8 Å². The molecule has 1 fully saturated rings. The van der Waals surface area contributed by atoms with Crippen molar-refractivity contribution in [2.45, 2.75) is 15.5 Å². The average Bonchev–Trinajstić information content (AvgIpc) is 3.66. The minimum Gasteiger partial charge on any atom is -0.364 e. The van der Waals surface area contributed by atoms with Gasteiger partial charge in [-0.1, -0.05) is 35.5 Å². The van der Waals surface area contributed by atoms with Crippen LogP contribution < -0.4 is 5.73 Å². The first-order valence-corrected chi connectivity index (χ1v) is 14.0. The summed E-state index contributed by atoms with van der Waals surface area (Å²) in [6.07, 6.45) is 4.22. The van der Waals surface area contributed by atoms with Gasteiger partial charge < -0.3 is 15.2 Å². The van der Waals surface area contributed by atoms with E-state index in [1.54, 1.807) is 23.9 Å². The first-order chi connectivity index (χ1) is 17.0. The highest BCUT2D eigenvalue weighted by atomic mass is 32.2. The van der Waals surface area contributed by atoms with Crippen LogP contribution in [0.5, 0.6) is 0 Å². The van der Waals surface area contributed by atoms with Crippen LogP contribution in [0.2, 0.25) is 0 Å². The molecule has 1 aliphatic rings. The molecule has 3 heterocycles. The maximum Gasteiger partial charge on any atom is 0.253 e. The fraction of sp³-hybridized carbons (Fsp3) is 0.231. The zero-order valence-electron chi connectivity index (χ0n) is 19.3. The number of thiol groups is 1. The molecule has 1 saturated heterocycles. The summed E-state index contributed by atoms with van der Waals surface area (Å²) >= 11 is 5.78. The van der Waals surface area contributed by atoms with E-state index in [-0.39, 0.29) is 5.91 Å². The predicted molar refractivity (Wildman–Crippen MR) is 144 cm³/mol. The summed E-state index contributed by atoms with van der Waals surface area (Å²) in [5.41, 5.74) is 9.17. The lowest BCUT2D eigenvalue weighted by molar-refractivity contribution is 0.0787. The first-order valence-electron chi connectivity index (χ1n) is 11.2. The number of rotatable bonds is 5. The molecule has 182 valence electrons. The van der Waals surface area contributed by atoms with E-state index in [0.717, 1.165) is 50.3 Å². The molecule has 5 rings (SSSR count). The van der Waals surface area contributed by atoms with Gasteiger partial charge in [-0.05, 0) is 60.3 Å². The predicted octanol–water partition coefficient (Wildman–Crippen LogP) is 5.20. The van der Waals surface area contributed by atoms with Crippen molar-refractivity contribution in [3.63, 3.8) is 0 Å². The van der Waals surface area contributed by atoms with Gasteiger partial charge in [0.2, 0.25) is 0 Å². The Hall–Kier alpha value is -2.72. The van der Waals surface area contributed by atoms with Crippen LogP contribution in [0.1, 0.15) is 16.8 Å². The van der Waals surface area contributed by atoms with Crippen molar-refractivity contribution in [1.29, 1.82) is 0 Å². The zero-order chi connectivity index (χ0) is 24.8. The number of likely N-dealkylation sites (tertiary alicyclic amines) is 1. The molecule has 0 bridgehead atoms. The van der Waals surface area contributed by atoms with E-state index in [1.165, 1.54) is 0 Å². The fourth-order valence-corrected chi connectivity index (χ4v) is 5.79. The molecule has 0 saturated carbocycles. The first kappa shape index (κ1) is 25.4. The van der Waals surface area contributed by atoms with E-state index >= 15 is 0 Å². The van der Waals surface area contributed by atoms with Crippen molar-refractivity contribution < 1.29 is 13.5 Å². The van der Waals surface area contributed by atoms with Crippen molar-refractivity contribution in [3.05, 3.63) is 78.6 Å². The molecule has 0 spiro atoms. The number of carbonyl (C=O) groups is 1. The summed E-state index contributed by atoms with van der Waals surface area (Å²) < 4.78 is 17.6. The quantitative estimate of drug-likeness (QED) is 0.350. The van der Waals surface area contributed by atoms with Crippen molar-refractivity contribution >= 4 is 40.7 Å². The standard InChI is InChI=1S/C19H22N2O2S.C7H5NOS2/c1-24(23)18-5-3-2-4-17(18)15-6-8-16(9-7-15)19(22)21-11-10-14(12-20)13-21;10-7-2-1-6(11-7)5-3-4-9-8-5/h2-9,14H,10-13,20H2,1H3;1-4,10H. The molecule has 2 unspecified atom stereocenters. The summed E-state index contributed by atoms with van der Waals surface area (Å²) in [7, 11) is -1.05. The lowest BCUT2D eigenvalue weighted by Crippen LogP contribution is -2.29. The van der Waals surface area contributed by atoms with Crippen LogP contribution >= 0.6 is 24.0 Å². The number of hydrogen-bond acceptors (Lipinski definition) is 7. The van der Waals surface area contributed by atoms with E-state index in [1.807, 2.05) is 71.6 Å². The van der Waals surface area contributed by atoms with Gasteiger partial charge in [-0.2, -0.15) is 0 Å². The molecule has 35 heavy (non-hydrogen) atoms. The summed E-state index contributed by atoms with van der Waals surface area (Å²) in [6.45, 7) is 2.16. The van der Waals surface area contributed by atoms with Crippen LogP contribution in [0.4, 0.5) is 0 Å². The molecule has 2 N–H and O–H groups in total. The third kappa shape index (κ3) is 6.29. The SMILES string of the molecule is CS(=O)c1ccccc1-c1ccc(C(=O)N2CCC(CN)C2)cc1.Sc1ccc(-c2ccon2)s1. The highest BCUT2D eigenvalue weighted by Crippen LogP contribution is 2.29. The van der Waals surface area contributed by atoms with Gasteiger partial charge in [-0.25, -0.2) is 0 Å². The lowest BCUT2D eigenvalue weighted by Gasteiger charge is -2.16. The Labute approximate surface area is 217 Å². The number of aromatic nitrogens is 1. The Morgan fingerprint density at radius 3 is 2.54 bits per heavy atom. The zero-order valence-corrected chi connectivity index (χ0v) is 21.8. The van der Waals surface area contributed by atoms with Gasteiger partial charge in [0, 0.05) is 35.9 Å². The maximum atomic E-state index is 12.6. The Morgan fingerprint density at radius 1 is 1.17 bits per heavy atom. The Kier molecular flexibility index (Phi) is 8.56. The number of hydrogen-bond donors (Lipinski definition) is 2. The summed E-state index contributed by atoms with van der Waals surface area (Å²) in [5.74, 6) is 0.476. The van der Waals surface area contributed by atoms with Crippen LogP contribution in [0.3, 0.4) is 0 Å². The molecule has 2 atom stereocenters. The molecule has 2 aromatic carbocycles. The van der Waals surface area contributed by atoms with Gasteiger partial charge in [-0.3, -0.25) is 9.00 Å². The average molecular weight is 526 g/mol. The van der Waals surface area contributed by atoms with Gasteiger partial charge >= 0.3 is 0 Å². The summed E-state index contributed by atoms with van der Waals surface area (Å²) in [5, 5.41) is 3.80. The van der Waals surface area contributed by atoms with Gasteiger partial charge in [0.25, 0.3) is 5.91 Å². The number of thiophene rings is 1. The highest BCUT2D eigenvalue weighted by molar-refractivity contribution is 7.84. The van der Waals surface area contributed by atoms with Gasteiger partial charge in [0.1, 0.15) is 12.0 Å². The van der Waals surface area contributed by atoms with Gasteiger partial charge in [-0.15, -0.1) is 24.0 Å². The van der Waals surface area contributed by atoms with Crippen LogP contribution in [0, 0.1) is 5.92 Å². The van der Waals surface area contributed by atoms with Gasteiger partial charge in [0.05, 0.1) is 19.9 Å². The smallest absolute Gasteiger partial charge is 0.253 e. The Morgan fingerprint density at radius 2 is 1.94 bits per heavy atom. The summed E-state index contributed by atoms with van der Waals surface area (Å²) in [6, 6.07) is 21.0. The molecule has 1 amide bonds. The van der Waals surface area contributed by atoms with E-state index in [0.29, 0.717) is 18.0 Å². The largest absolute Gasteiger partial charge is 0.364 e. The Balaban J connectivity index is 0.000000218. The van der Waals surface area contributed by atoms with Crippen LogP contribution in [-0.4, -0.2) is 46.1 Å². The van der Waals surface area contributed by atoms with Crippen molar-refractivity contribution in [2.75, 3.05) is 25.9 Å². The van der Waals surface area contributed by atoms with E-state index in [9.17, 15) is 9.00 Å².